The Labute approximate surface area is 319 Å². The number of carbonyl (C=O) groups excluding carboxylic acids is 5. The predicted molar refractivity (Wildman–Crippen MR) is 195 cm³/mol. The van der Waals surface area contributed by atoms with E-state index in [9.17, 15) is 32.4 Å². The van der Waals surface area contributed by atoms with Gasteiger partial charge < -0.3 is 14.2 Å². The van der Waals surface area contributed by atoms with Crippen LogP contribution in [-0.4, -0.2) is 68.5 Å². The van der Waals surface area contributed by atoms with Crippen molar-refractivity contribution < 1.29 is 46.6 Å². The Morgan fingerprint density at radius 1 is 0.925 bits per heavy atom. The van der Waals surface area contributed by atoms with Crippen molar-refractivity contribution in [2.75, 3.05) is 30.5 Å². The zero-order valence-corrected chi connectivity index (χ0v) is 31.5. The van der Waals surface area contributed by atoms with E-state index in [0.29, 0.717) is 40.3 Å². The van der Waals surface area contributed by atoms with Crippen molar-refractivity contribution in [1.82, 2.24) is 14.7 Å². The number of benzene rings is 2. The van der Waals surface area contributed by atoms with E-state index >= 15 is 0 Å². The maximum atomic E-state index is 12.7. The van der Waals surface area contributed by atoms with Crippen LogP contribution >= 0.6 is 34.8 Å². The number of aromatic nitrogens is 2. The van der Waals surface area contributed by atoms with E-state index in [-0.39, 0.29) is 52.6 Å². The molecule has 0 saturated carbocycles. The number of hydrogen-bond acceptors (Lipinski definition) is 12. The van der Waals surface area contributed by atoms with Gasteiger partial charge in [0.25, 0.3) is 21.8 Å². The molecule has 2 N–H and O–H groups in total. The minimum absolute atomic E-state index is 0.0207. The number of halogens is 3. The number of nitrogens with one attached hydrogen (secondary N) is 2. The number of rotatable bonds is 10. The number of anilines is 2. The zero-order valence-electron chi connectivity index (χ0n) is 28.4. The van der Waals surface area contributed by atoms with Gasteiger partial charge in [-0.1, -0.05) is 46.9 Å². The smallest absolute Gasteiger partial charge is 0.349 e. The molecule has 1 aliphatic carbocycles. The van der Waals surface area contributed by atoms with Crippen molar-refractivity contribution in [2.24, 2.45) is 0 Å². The summed E-state index contributed by atoms with van der Waals surface area (Å²) in [5.74, 6) is -2.26. The molecular formula is C34H32Cl3N5O10S. The average Bonchev–Trinajstić information content (AvgIpc) is 3.38. The summed E-state index contributed by atoms with van der Waals surface area (Å²) in [4.78, 5) is 69.3. The molecule has 0 saturated heterocycles. The van der Waals surface area contributed by atoms with E-state index in [0.717, 1.165) is 12.8 Å². The van der Waals surface area contributed by atoms with Gasteiger partial charge in [0.2, 0.25) is 11.8 Å². The summed E-state index contributed by atoms with van der Waals surface area (Å²) in [5, 5.41) is 2.31. The number of nitrogens with zero attached hydrogens (tertiary/aromatic N) is 3. The molecule has 4 amide bonds. The van der Waals surface area contributed by atoms with E-state index in [4.69, 9.17) is 49.0 Å². The monoisotopic (exact) mass is 807 g/mol. The summed E-state index contributed by atoms with van der Waals surface area (Å²) in [5.41, 5.74) is 1.84. The molecule has 2 aromatic carbocycles. The maximum absolute atomic E-state index is 12.7. The van der Waals surface area contributed by atoms with Crippen LogP contribution in [0.25, 0.3) is 6.08 Å². The molecule has 53 heavy (non-hydrogen) atoms. The normalized spacial score (nSPS) is 14.2. The van der Waals surface area contributed by atoms with E-state index < -0.39 is 32.9 Å². The summed E-state index contributed by atoms with van der Waals surface area (Å²) >= 11 is 17.9. The molecular weight excluding hydrogens is 777 g/mol. The molecule has 15 nitrogen and oxygen atoms in total. The Morgan fingerprint density at radius 2 is 1.57 bits per heavy atom. The second-order valence-electron chi connectivity index (χ2n) is 10.9. The number of carbonyl (C=O) groups is 5. The number of esters is 2. The number of amides is 4. The lowest BCUT2D eigenvalue weighted by molar-refractivity contribution is -0.137. The van der Waals surface area contributed by atoms with Crippen LogP contribution in [-0.2, 0) is 33.9 Å². The summed E-state index contributed by atoms with van der Waals surface area (Å²) in [7, 11) is -3.05. The third-order valence-electron chi connectivity index (χ3n) is 7.39. The van der Waals surface area contributed by atoms with Gasteiger partial charge in [-0.25, -0.2) is 37.4 Å². The fourth-order valence-electron chi connectivity index (χ4n) is 5.09. The number of imide groups is 1. The van der Waals surface area contributed by atoms with Crippen molar-refractivity contribution in [2.45, 2.75) is 44.4 Å². The summed E-state index contributed by atoms with van der Waals surface area (Å²) in [6.45, 7) is 3.52. The van der Waals surface area contributed by atoms with E-state index in [2.05, 4.69) is 15.3 Å². The molecule has 0 fully saturated rings. The van der Waals surface area contributed by atoms with Gasteiger partial charge in [-0.3, -0.25) is 14.9 Å². The third-order valence-corrected chi connectivity index (χ3v) is 9.58. The largest absolute Gasteiger partial charge is 0.481 e. The topological polar surface area (TPSA) is 200 Å². The van der Waals surface area contributed by atoms with Crippen molar-refractivity contribution in [3.63, 3.8) is 0 Å². The Bertz CT molecular complexity index is 2100. The summed E-state index contributed by atoms with van der Waals surface area (Å²) in [6, 6.07) is 10.2. The summed E-state index contributed by atoms with van der Waals surface area (Å²) < 4.78 is 41.3. The minimum Gasteiger partial charge on any atom is -0.481 e. The van der Waals surface area contributed by atoms with Crippen LogP contribution in [0.3, 0.4) is 0 Å². The fourth-order valence-corrected chi connectivity index (χ4v) is 6.71. The zero-order chi connectivity index (χ0) is 38.9. The van der Waals surface area contributed by atoms with Crippen LogP contribution in [0.15, 0.2) is 69.6 Å². The van der Waals surface area contributed by atoms with Gasteiger partial charge in [0, 0.05) is 22.2 Å². The van der Waals surface area contributed by atoms with E-state index in [1.165, 1.54) is 48.4 Å². The number of methoxy groups -OCH3 is 1. The lowest BCUT2D eigenvalue weighted by Gasteiger charge is -2.16. The van der Waals surface area contributed by atoms with Crippen molar-refractivity contribution in [1.29, 1.82) is 0 Å². The van der Waals surface area contributed by atoms with Gasteiger partial charge in [-0.15, -0.1) is 0 Å². The molecule has 2 heterocycles. The van der Waals surface area contributed by atoms with Crippen LogP contribution < -0.4 is 19.7 Å². The first kappa shape index (κ1) is 40.7. The Hall–Kier alpha value is -5.03. The lowest BCUT2D eigenvalue weighted by Crippen LogP contribution is -2.35. The lowest BCUT2D eigenvalue weighted by atomic mass is 9.93. The highest BCUT2D eigenvalue weighted by atomic mass is 35.5. The highest BCUT2D eigenvalue weighted by Gasteiger charge is 2.39. The van der Waals surface area contributed by atoms with Crippen molar-refractivity contribution in [3.8, 4) is 5.88 Å². The number of hydrogen-bond donors (Lipinski definition) is 2. The predicted octanol–water partition coefficient (Wildman–Crippen LogP) is 6.05. The number of urea groups is 1. The first-order chi connectivity index (χ1) is 25.2. The van der Waals surface area contributed by atoms with Crippen LogP contribution in [0, 0.1) is 0 Å². The molecule has 0 atom stereocenters. The molecule has 1 aromatic heterocycles. The van der Waals surface area contributed by atoms with Crippen LogP contribution in [0.2, 0.25) is 10.2 Å². The second-order valence-corrected chi connectivity index (χ2v) is 13.7. The quantitative estimate of drug-likeness (QED) is 0.104. The van der Waals surface area contributed by atoms with Gasteiger partial charge in [0.05, 0.1) is 31.6 Å². The van der Waals surface area contributed by atoms with E-state index in [1.807, 2.05) is 0 Å². The van der Waals surface area contributed by atoms with Crippen molar-refractivity contribution in [3.05, 3.63) is 86.0 Å². The molecule has 0 bridgehead atoms. The maximum Gasteiger partial charge on any atom is 0.349 e. The standard InChI is InChI=1S/C19H17Cl2NO4.C15H15ClN4O6S/c1-2-26-19(25)16(21)10-11-9-12(7-8-15(11)20)22-17(23)13-5-3-4-6-14(13)18(22)24;1-3-26-13(21)9-6-4-5-7-10(9)27(23,24)20-15(22)19-14-17-11(16)8-12(18-14)25-2/h7-10H,2-6H2,1H3;4-8H,3H2,1-2H3,(H2,17,18,19,20,22)/b16-10-;. The van der Waals surface area contributed by atoms with Gasteiger partial charge in [0.1, 0.15) is 15.1 Å². The molecule has 19 heteroatoms. The van der Waals surface area contributed by atoms with Gasteiger partial charge in [-0.05, 0) is 81.5 Å². The number of ether oxygens (including phenoxy) is 3. The van der Waals surface area contributed by atoms with Crippen LogP contribution in [0.1, 0.15) is 55.5 Å². The molecule has 0 spiro atoms. The average molecular weight is 809 g/mol. The van der Waals surface area contributed by atoms with Gasteiger partial charge in [-0.2, -0.15) is 4.98 Å². The molecule has 5 rings (SSSR count). The molecule has 2 aliphatic rings. The van der Waals surface area contributed by atoms with Gasteiger partial charge in [0.15, 0.2) is 0 Å². The fraction of sp³-hybridized carbons (Fsp3) is 0.265. The molecule has 0 radical (unpaired) electrons. The second kappa shape index (κ2) is 18.1. The SMILES string of the molecule is CCOC(=O)/C(Cl)=C/c1cc(N2C(=O)C3=C(CCCC3)C2=O)ccc1Cl.CCOC(=O)c1ccccc1S(=O)(=O)NC(=O)Nc1nc(Cl)cc(OC)n1. The van der Waals surface area contributed by atoms with Crippen LogP contribution in [0.5, 0.6) is 5.88 Å². The molecule has 1 aliphatic heterocycles. The van der Waals surface area contributed by atoms with Crippen LogP contribution in [0.4, 0.5) is 16.4 Å². The summed E-state index contributed by atoms with van der Waals surface area (Å²) in [6.07, 6.45) is 4.45. The molecule has 0 unspecified atom stereocenters. The number of sulfonamides is 1. The Balaban J connectivity index is 0.000000237. The van der Waals surface area contributed by atoms with Gasteiger partial charge >= 0.3 is 18.0 Å². The Kier molecular flexibility index (Phi) is 13.9. The highest BCUT2D eigenvalue weighted by Crippen LogP contribution is 2.37. The molecule has 280 valence electrons. The molecule has 3 aromatic rings. The highest BCUT2D eigenvalue weighted by molar-refractivity contribution is 7.90. The van der Waals surface area contributed by atoms with Crippen molar-refractivity contribution >= 4 is 92.3 Å². The first-order valence-corrected chi connectivity index (χ1v) is 18.5. The minimum atomic E-state index is -4.38. The first-order valence-electron chi connectivity index (χ1n) is 15.8. The third kappa shape index (κ3) is 10.1. The van der Waals surface area contributed by atoms with E-state index in [1.54, 1.807) is 36.8 Å². The Morgan fingerprint density at radius 3 is 2.19 bits per heavy atom.